The van der Waals surface area contributed by atoms with Crippen LogP contribution in [-0.4, -0.2) is 15.9 Å². The predicted octanol–water partition coefficient (Wildman–Crippen LogP) is 4.54. The van der Waals surface area contributed by atoms with Crippen LogP contribution in [0.15, 0.2) is 48.7 Å². The summed E-state index contributed by atoms with van der Waals surface area (Å²) in [5.41, 5.74) is 4.17. The topological polar surface area (TPSA) is 58.9 Å². The van der Waals surface area contributed by atoms with Gasteiger partial charge in [-0.3, -0.25) is 10.1 Å². The minimum Gasteiger partial charge on any atom is -0.361 e. The summed E-state index contributed by atoms with van der Waals surface area (Å²) in [5.74, 6) is -0.248. The molecule has 0 fully saturated rings. The van der Waals surface area contributed by atoms with Crippen LogP contribution < -0.4 is 0 Å². The minimum absolute atomic E-state index is 0.135. The number of aromatic nitrogens is 1. The molecule has 0 unspecified atom stereocenters. The van der Waals surface area contributed by atoms with E-state index in [1.165, 1.54) is 5.56 Å². The fourth-order valence-corrected chi connectivity index (χ4v) is 3.89. The third kappa shape index (κ3) is 2.30. The molecule has 23 heavy (non-hydrogen) atoms. The first-order valence-corrected chi connectivity index (χ1v) is 8.01. The molecule has 0 spiro atoms. The van der Waals surface area contributed by atoms with Gasteiger partial charge in [-0.25, -0.2) is 0 Å². The van der Waals surface area contributed by atoms with Crippen molar-refractivity contribution in [1.29, 1.82) is 0 Å². The van der Waals surface area contributed by atoms with Crippen molar-refractivity contribution < 1.29 is 4.92 Å². The Balaban J connectivity index is 1.95. The fourth-order valence-electron chi connectivity index (χ4n) is 3.72. The predicted molar refractivity (Wildman–Crippen MR) is 90.7 cm³/mol. The third-order valence-electron chi connectivity index (χ3n) is 4.77. The normalized spacial score (nSPS) is 20.4. The summed E-state index contributed by atoms with van der Waals surface area (Å²) in [7, 11) is 0. The van der Waals surface area contributed by atoms with Crippen LogP contribution in [0.4, 0.5) is 0 Å². The molecule has 1 heterocycles. The van der Waals surface area contributed by atoms with Gasteiger partial charge in [-0.1, -0.05) is 35.9 Å². The average molecular weight is 327 g/mol. The van der Waals surface area contributed by atoms with Crippen LogP contribution in [0, 0.1) is 10.1 Å². The number of H-pyrrole nitrogens is 1. The zero-order chi connectivity index (χ0) is 16.0. The van der Waals surface area contributed by atoms with Gasteiger partial charge in [0.1, 0.15) is 0 Å². The number of aromatic amines is 1. The minimum atomic E-state index is -0.608. The molecule has 116 valence electrons. The lowest BCUT2D eigenvalue weighted by Crippen LogP contribution is -2.33. The van der Waals surface area contributed by atoms with E-state index >= 15 is 0 Å². The molecule has 4 nitrogen and oxygen atoms in total. The maximum atomic E-state index is 11.6. The number of hydrogen-bond acceptors (Lipinski definition) is 2. The van der Waals surface area contributed by atoms with Gasteiger partial charge in [0.05, 0.1) is 5.92 Å². The number of nitrogens with zero attached hydrogens (tertiary/aromatic N) is 1. The lowest BCUT2D eigenvalue weighted by molar-refractivity contribution is -0.526. The van der Waals surface area contributed by atoms with E-state index in [9.17, 15) is 10.1 Å². The Hall–Kier alpha value is -2.33. The quantitative estimate of drug-likeness (QED) is 0.555. The molecule has 3 aromatic rings. The van der Waals surface area contributed by atoms with Gasteiger partial charge < -0.3 is 4.98 Å². The van der Waals surface area contributed by atoms with E-state index in [1.807, 2.05) is 42.6 Å². The highest BCUT2D eigenvalue weighted by Crippen LogP contribution is 2.41. The molecular weight excluding hydrogens is 312 g/mol. The summed E-state index contributed by atoms with van der Waals surface area (Å²) in [6.45, 7) is 0. The smallest absolute Gasteiger partial charge is 0.224 e. The molecule has 4 rings (SSSR count). The second kappa shape index (κ2) is 5.39. The van der Waals surface area contributed by atoms with Gasteiger partial charge in [0, 0.05) is 33.5 Å². The molecular formula is C18H15ClN2O2. The van der Waals surface area contributed by atoms with Crippen molar-refractivity contribution >= 4 is 22.5 Å². The van der Waals surface area contributed by atoms with E-state index < -0.39 is 6.04 Å². The maximum Gasteiger partial charge on any atom is 0.224 e. The first-order chi connectivity index (χ1) is 11.1. The van der Waals surface area contributed by atoms with Gasteiger partial charge in [0.25, 0.3) is 0 Å². The van der Waals surface area contributed by atoms with Crippen molar-refractivity contribution in [1.82, 2.24) is 4.98 Å². The highest BCUT2D eigenvalue weighted by molar-refractivity contribution is 6.31. The molecule has 0 saturated carbocycles. The standard InChI is InChI=1S/C18H15ClN2O2/c19-12-6-7-16-14(9-12)15(10-20-16)18-13-4-2-1-3-11(13)5-8-17(18)21(22)23/h1-4,6-7,9-10,17-18,20H,5,8H2/t17-,18+/m0/s1. The van der Waals surface area contributed by atoms with Crippen LogP contribution >= 0.6 is 11.6 Å². The fraction of sp³-hybridized carbons (Fsp3) is 0.222. The number of benzene rings is 2. The first kappa shape index (κ1) is 14.3. The summed E-state index contributed by atoms with van der Waals surface area (Å²) < 4.78 is 0. The largest absolute Gasteiger partial charge is 0.361 e. The lowest BCUT2D eigenvalue weighted by Gasteiger charge is -2.28. The van der Waals surface area contributed by atoms with E-state index in [1.54, 1.807) is 0 Å². The Morgan fingerprint density at radius 2 is 2.00 bits per heavy atom. The summed E-state index contributed by atoms with van der Waals surface area (Å²) in [6.07, 6.45) is 3.20. The SMILES string of the molecule is O=[N+]([O-])[C@H]1CCc2ccccc2[C@@H]1c1c[nH]c2ccc(Cl)cc12. The molecule has 0 saturated heterocycles. The van der Waals surface area contributed by atoms with Crippen molar-refractivity contribution in [2.45, 2.75) is 24.8 Å². The van der Waals surface area contributed by atoms with Crippen molar-refractivity contribution in [3.8, 4) is 0 Å². The summed E-state index contributed by atoms with van der Waals surface area (Å²) in [5, 5.41) is 13.2. The van der Waals surface area contributed by atoms with E-state index in [-0.39, 0.29) is 10.8 Å². The Morgan fingerprint density at radius 3 is 2.83 bits per heavy atom. The third-order valence-corrected chi connectivity index (χ3v) is 5.00. The van der Waals surface area contributed by atoms with E-state index in [2.05, 4.69) is 11.1 Å². The number of rotatable bonds is 2. The Labute approximate surface area is 138 Å². The second-order valence-corrected chi connectivity index (χ2v) is 6.44. The Morgan fingerprint density at radius 1 is 1.17 bits per heavy atom. The molecule has 0 bridgehead atoms. The molecule has 0 aliphatic heterocycles. The van der Waals surface area contributed by atoms with Crippen molar-refractivity contribution in [2.24, 2.45) is 0 Å². The summed E-state index contributed by atoms with van der Waals surface area (Å²) >= 11 is 6.14. The molecule has 0 radical (unpaired) electrons. The first-order valence-electron chi connectivity index (χ1n) is 7.63. The molecule has 0 amide bonds. The monoisotopic (exact) mass is 326 g/mol. The van der Waals surface area contributed by atoms with Gasteiger partial charge >= 0.3 is 0 Å². The molecule has 2 aromatic carbocycles. The van der Waals surface area contributed by atoms with Crippen LogP contribution in [0.1, 0.15) is 29.0 Å². The molecule has 5 heteroatoms. The van der Waals surface area contributed by atoms with Crippen molar-refractivity contribution in [3.63, 3.8) is 0 Å². The average Bonchev–Trinajstić information content (AvgIpc) is 2.96. The number of halogens is 1. The molecule has 2 atom stereocenters. The maximum absolute atomic E-state index is 11.6. The molecule has 1 N–H and O–H groups in total. The van der Waals surface area contributed by atoms with Crippen molar-refractivity contribution in [3.05, 3.63) is 80.5 Å². The van der Waals surface area contributed by atoms with Gasteiger partial charge in [0.15, 0.2) is 0 Å². The molecule has 1 aromatic heterocycles. The lowest BCUT2D eigenvalue weighted by atomic mass is 9.76. The summed E-state index contributed by atoms with van der Waals surface area (Å²) in [6, 6.07) is 13.0. The number of hydrogen-bond donors (Lipinski definition) is 1. The van der Waals surface area contributed by atoms with Crippen LogP contribution in [0.5, 0.6) is 0 Å². The Bertz CT molecular complexity index is 903. The Kier molecular flexibility index (Phi) is 3.34. The number of aryl methyl sites for hydroxylation is 1. The van der Waals surface area contributed by atoms with Gasteiger partial charge in [-0.05, 0) is 41.3 Å². The number of fused-ring (bicyclic) bond motifs is 2. The van der Waals surface area contributed by atoms with Gasteiger partial charge in [0.2, 0.25) is 6.04 Å². The zero-order valence-corrected chi connectivity index (χ0v) is 13.1. The van der Waals surface area contributed by atoms with Gasteiger partial charge in [-0.15, -0.1) is 0 Å². The molecule has 1 aliphatic rings. The number of nitro groups is 1. The van der Waals surface area contributed by atoms with E-state index in [0.29, 0.717) is 11.4 Å². The number of nitrogens with one attached hydrogen (secondary N) is 1. The van der Waals surface area contributed by atoms with Crippen LogP contribution in [0.2, 0.25) is 5.02 Å². The van der Waals surface area contributed by atoms with Gasteiger partial charge in [-0.2, -0.15) is 0 Å². The molecule has 1 aliphatic carbocycles. The summed E-state index contributed by atoms with van der Waals surface area (Å²) in [4.78, 5) is 14.7. The van der Waals surface area contributed by atoms with Crippen molar-refractivity contribution in [2.75, 3.05) is 0 Å². The zero-order valence-electron chi connectivity index (χ0n) is 12.3. The van der Waals surface area contributed by atoms with E-state index in [0.717, 1.165) is 28.5 Å². The van der Waals surface area contributed by atoms with E-state index in [4.69, 9.17) is 11.6 Å². The highest BCUT2D eigenvalue weighted by atomic mass is 35.5. The highest BCUT2D eigenvalue weighted by Gasteiger charge is 2.39. The second-order valence-electron chi connectivity index (χ2n) is 6.00. The van der Waals surface area contributed by atoms with Crippen LogP contribution in [0.25, 0.3) is 10.9 Å². The van der Waals surface area contributed by atoms with Crippen LogP contribution in [-0.2, 0) is 6.42 Å². The van der Waals surface area contributed by atoms with Crippen LogP contribution in [0.3, 0.4) is 0 Å².